The zero-order valence-electron chi connectivity index (χ0n) is 7.42. The van der Waals surface area contributed by atoms with Gasteiger partial charge in [0.2, 0.25) is 5.91 Å². The summed E-state index contributed by atoms with van der Waals surface area (Å²) >= 11 is 0. The Morgan fingerprint density at radius 2 is 2.00 bits per heavy atom. The first-order valence-electron chi connectivity index (χ1n) is 4.16. The first-order valence-corrected chi connectivity index (χ1v) is 4.16. The summed E-state index contributed by atoms with van der Waals surface area (Å²) in [7, 11) is 0. The summed E-state index contributed by atoms with van der Waals surface area (Å²) in [5, 5.41) is 20.0. The molecule has 0 heterocycles. The predicted octanol–water partition coefficient (Wildman–Crippen LogP) is -0.497. The normalized spacial score (nSPS) is 10.3. The zero-order chi connectivity index (χ0) is 9.40. The lowest BCUT2D eigenvalue weighted by molar-refractivity contribution is -0.118. The fourth-order valence-electron chi connectivity index (χ4n) is 0.895. The van der Waals surface area contributed by atoms with Gasteiger partial charge in [-0.25, -0.2) is 0 Å². The minimum atomic E-state index is -0.0428. The smallest absolute Gasteiger partial charge is 0.216 e. The standard InChI is InChI=1S/C8H17NO3/c1-7(12)9-4-2-3-8(5-10)6-11/h8,10-11H,2-6H2,1H3,(H,9,12). The molecule has 4 nitrogen and oxygen atoms in total. The highest BCUT2D eigenvalue weighted by atomic mass is 16.3. The van der Waals surface area contributed by atoms with Gasteiger partial charge in [-0.2, -0.15) is 0 Å². The second-order valence-corrected chi connectivity index (χ2v) is 2.86. The molecule has 0 atom stereocenters. The van der Waals surface area contributed by atoms with Gasteiger partial charge in [0, 0.05) is 32.6 Å². The maximum Gasteiger partial charge on any atom is 0.216 e. The van der Waals surface area contributed by atoms with Crippen molar-refractivity contribution in [1.29, 1.82) is 0 Å². The number of hydrogen-bond acceptors (Lipinski definition) is 3. The third-order valence-corrected chi connectivity index (χ3v) is 1.68. The number of nitrogens with one attached hydrogen (secondary N) is 1. The molecule has 0 aliphatic carbocycles. The van der Waals surface area contributed by atoms with Crippen molar-refractivity contribution in [2.24, 2.45) is 5.92 Å². The summed E-state index contributed by atoms with van der Waals surface area (Å²) in [5.74, 6) is -0.0849. The number of carbonyl (C=O) groups excluding carboxylic acids is 1. The number of amides is 1. The Morgan fingerprint density at radius 1 is 1.42 bits per heavy atom. The Hall–Kier alpha value is -0.610. The van der Waals surface area contributed by atoms with Crippen LogP contribution in [-0.2, 0) is 4.79 Å². The van der Waals surface area contributed by atoms with Gasteiger partial charge >= 0.3 is 0 Å². The predicted molar refractivity (Wildman–Crippen MR) is 45.6 cm³/mol. The van der Waals surface area contributed by atoms with Crippen molar-refractivity contribution < 1.29 is 15.0 Å². The molecule has 4 heteroatoms. The number of aliphatic hydroxyl groups excluding tert-OH is 2. The fourth-order valence-corrected chi connectivity index (χ4v) is 0.895. The average molecular weight is 175 g/mol. The third-order valence-electron chi connectivity index (χ3n) is 1.68. The van der Waals surface area contributed by atoms with Gasteiger partial charge in [0.15, 0.2) is 0 Å². The van der Waals surface area contributed by atoms with Crippen LogP contribution in [0.1, 0.15) is 19.8 Å². The summed E-state index contributed by atoms with van der Waals surface area (Å²) < 4.78 is 0. The molecular weight excluding hydrogens is 158 g/mol. The summed E-state index contributed by atoms with van der Waals surface area (Å²) in [6.45, 7) is 2.11. The minimum absolute atomic E-state index is 0.0105. The van der Waals surface area contributed by atoms with Crippen LogP contribution in [0.3, 0.4) is 0 Å². The van der Waals surface area contributed by atoms with Gasteiger partial charge in [-0.3, -0.25) is 4.79 Å². The molecule has 0 aliphatic heterocycles. The number of rotatable bonds is 6. The lowest BCUT2D eigenvalue weighted by atomic mass is 10.1. The van der Waals surface area contributed by atoms with Gasteiger partial charge in [0.25, 0.3) is 0 Å². The maximum atomic E-state index is 10.4. The topological polar surface area (TPSA) is 69.6 Å². The van der Waals surface area contributed by atoms with Crippen LogP contribution >= 0.6 is 0 Å². The molecule has 0 bridgehead atoms. The molecule has 3 N–H and O–H groups in total. The first kappa shape index (κ1) is 11.4. The summed E-state index contributed by atoms with van der Waals surface area (Å²) in [4.78, 5) is 10.4. The molecule has 0 aliphatic rings. The molecule has 0 saturated carbocycles. The molecule has 0 saturated heterocycles. The van der Waals surface area contributed by atoms with E-state index < -0.39 is 0 Å². The highest BCUT2D eigenvalue weighted by molar-refractivity contribution is 5.72. The molecule has 0 rings (SSSR count). The molecule has 72 valence electrons. The molecule has 0 radical (unpaired) electrons. The minimum Gasteiger partial charge on any atom is -0.396 e. The van der Waals surface area contributed by atoms with Crippen molar-refractivity contribution in [3.05, 3.63) is 0 Å². The Bertz CT molecular complexity index is 123. The Labute approximate surface area is 72.6 Å². The number of hydrogen-bond donors (Lipinski definition) is 3. The number of carbonyl (C=O) groups is 1. The van der Waals surface area contributed by atoms with Crippen molar-refractivity contribution >= 4 is 5.91 Å². The van der Waals surface area contributed by atoms with E-state index in [1.165, 1.54) is 6.92 Å². The van der Waals surface area contributed by atoms with Gasteiger partial charge in [-0.15, -0.1) is 0 Å². The van der Waals surface area contributed by atoms with E-state index >= 15 is 0 Å². The first-order chi connectivity index (χ1) is 5.70. The van der Waals surface area contributed by atoms with E-state index in [9.17, 15) is 4.79 Å². The fraction of sp³-hybridized carbons (Fsp3) is 0.875. The van der Waals surface area contributed by atoms with Crippen LogP contribution in [0.5, 0.6) is 0 Å². The second kappa shape index (κ2) is 7.06. The van der Waals surface area contributed by atoms with Gasteiger partial charge in [0.05, 0.1) is 0 Å². The zero-order valence-corrected chi connectivity index (χ0v) is 7.42. The van der Waals surface area contributed by atoms with Crippen LogP contribution in [0, 0.1) is 5.92 Å². The summed E-state index contributed by atoms with van der Waals surface area (Å²) in [6.07, 6.45) is 1.54. The van der Waals surface area contributed by atoms with Crippen molar-refractivity contribution in [3.8, 4) is 0 Å². The van der Waals surface area contributed by atoms with Gasteiger partial charge in [-0.05, 0) is 12.8 Å². The monoisotopic (exact) mass is 175 g/mol. The van der Waals surface area contributed by atoms with Crippen LogP contribution in [0.4, 0.5) is 0 Å². The third kappa shape index (κ3) is 6.12. The molecule has 0 aromatic carbocycles. The lowest BCUT2D eigenvalue weighted by Crippen LogP contribution is -2.22. The Balaban J connectivity index is 3.23. The SMILES string of the molecule is CC(=O)NCCCC(CO)CO. The number of aliphatic hydroxyl groups is 2. The van der Waals surface area contributed by atoms with Crippen LogP contribution in [-0.4, -0.2) is 35.9 Å². The maximum absolute atomic E-state index is 10.4. The van der Waals surface area contributed by atoms with Crippen molar-refractivity contribution in [3.63, 3.8) is 0 Å². The van der Waals surface area contributed by atoms with Crippen LogP contribution in [0.2, 0.25) is 0 Å². The second-order valence-electron chi connectivity index (χ2n) is 2.86. The van der Waals surface area contributed by atoms with Gasteiger partial charge in [-0.1, -0.05) is 0 Å². The van der Waals surface area contributed by atoms with E-state index in [4.69, 9.17) is 10.2 Å². The molecule has 0 aromatic heterocycles. The van der Waals surface area contributed by atoms with E-state index in [-0.39, 0.29) is 25.0 Å². The van der Waals surface area contributed by atoms with Gasteiger partial charge in [0.1, 0.15) is 0 Å². The van der Waals surface area contributed by atoms with Gasteiger partial charge < -0.3 is 15.5 Å². The van der Waals surface area contributed by atoms with E-state index in [2.05, 4.69) is 5.32 Å². The molecule has 1 amide bonds. The lowest BCUT2D eigenvalue weighted by Gasteiger charge is -2.09. The average Bonchev–Trinajstić information content (AvgIpc) is 2.04. The Kier molecular flexibility index (Phi) is 6.70. The van der Waals surface area contributed by atoms with E-state index in [0.717, 1.165) is 12.8 Å². The van der Waals surface area contributed by atoms with Crippen molar-refractivity contribution in [1.82, 2.24) is 5.32 Å². The molecule has 12 heavy (non-hydrogen) atoms. The van der Waals surface area contributed by atoms with Crippen LogP contribution in [0.25, 0.3) is 0 Å². The van der Waals surface area contributed by atoms with E-state index in [0.29, 0.717) is 6.54 Å². The quantitative estimate of drug-likeness (QED) is 0.477. The highest BCUT2D eigenvalue weighted by Crippen LogP contribution is 2.02. The van der Waals surface area contributed by atoms with Crippen molar-refractivity contribution in [2.75, 3.05) is 19.8 Å². The van der Waals surface area contributed by atoms with E-state index in [1.807, 2.05) is 0 Å². The Morgan fingerprint density at radius 3 is 2.42 bits per heavy atom. The largest absolute Gasteiger partial charge is 0.396 e. The van der Waals surface area contributed by atoms with Crippen molar-refractivity contribution in [2.45, 2.75) is 19.8 Å². The molecular formula is C8H17NO3. The van der Waals surface area contributed by atoms with Crippen LogP contribution in [0.15, 0.2) is 0 Å². The van der Waals surface area contributed by atoms with E-state index in [1.54, 1.807) is 0 Å². The molecule has 0 fully saturated rings. The summed E-state index contributed by atoms with van der Waals surface area (Å²) in [6, 6.07) is 0. The molecule has 0 spiro atoms. The molecule has 0 aromatic rings. The highest BCUT2D eigenvalue weighted by Gasteiger charge is 2.04. The summed E-state index contributed by atoms with van der Waals surface area (Å²) in [5.41, 5.74) is 0. The van der Waals surface area contributed by atoms with Crippen LogP contribution < -0.4 is 5.32 Å². The molecule has 0 unspecified atom stereocenters.